The summed E-state index contributed by atoms with van der Waals surface area (Å²) in [5, 5.41) is 11.8. The smallest absolute Gasteiger partial charge is 0.253 e. The van der Waals surface area contributed by atoms with Crippen molar-refractivity contribution in [1.29, 1.82) is 0 Å². The first kappa shape index (κ1) is 14.5. The summed E-state index contributed by atoms with van der Waals surface area (Å²) < 4.78 is 0. The molecule has 5 nitrogen and oxygen atoms in total. The van der Waals surface area contributed by atoms with Crippen molar-refractivity contribution in [2.24, 2.45) is 5.92 Å². The Balaban J connectivity index is 1.97. The van der Waals surface area contributed by atoms with Gasteiger partial charge in [-0.3, -0.25) is 9.59 Å². The van der Waals surface area contributed by atoms with Gasteiger partial charge in [0.1, 0.15) is 0 Å². The van der Waals surface area contributed by atoms with Crippen molar-refractivity contribution in [2.45, 2.75) is 19.8 Å². The van der Waals surface area contributed by atoms with E-state index in [2.05, 4.69) is 5.32 Å². The molecule has 1 aliphatic rings. The quantitative estimate of drug-likeness (QED) is 0.878. The van der Waals surface area contributed by atoms with Crippen molar-refractivity contribution in [1.82, 2.24) is 4.90 Å². The minimum atomic E-state index is -0.129. The Morgan fingerprint density at radius 1 is 1.25 bits per heavy atom. The molecule has 0 bridgehead atoms. The van der Waals surface area contributed by atoms with Crippen LogP contribution in [0.3, 0.4) is 0 Å². The maximum Gasteiger partial charge on any atom is 0.253 e. The Kier molecular flexibility index (Phi) is 4.74. The summed E-state index contributed by atoms with van der Waals surface area (Å²) >= 11 is 0. The third-order valence-corrected chi connectivity index (χ3v) is 3.61. The summed E-state index contributed by atoms with van der Waals surface area (Å²) in [6.45, 7) is 3.03. The number of aliphatic hydroxyl groups is 1. The predicted octanol–water partition coefficient (Wildman–Crippen LogP) is 1.49. The molecule has 1 aromatic carbocycles. The molecule has 1 saturated heterocycles. The highest BCUT2D eigenvalue weighted by molar-refractivity contribution is 5.95. The second kappa shape index (κ2) is 6.52. The molecule has 2 N–H and O–H groups in total. The molecule has 20 heavy (non-hydrogen) atoms. The van der Waals surface area contributed by atoms with Crippen LogP contribution in [0.1, 0.15) is 30.1 Å². The van der Waals surface area contributed by atoms with Crippen molar-refractivity contribution < 1.29 is 14.7 Å². The number of nitrogens with one attached hydrogen (secondary N) is 1. The van der Waals surface area contributed by atoms with Crippen molar-refractivity contribution in [3.05, 3.63) is 29.8 Å². The lowest BCUT2D eigenvalue weighted by Gasteiger charge is -2.31. The van der Waals surface area contributed by atoms with Gasteiger partial charge in [-0.15, -0.1) is 0 Å². The molecule has 0 radical (unpaired) electrons. The molecule has 0 aliphatic carbocycles. The highest BCUT2D eigenvalue weighted by Gasteiger charge is 2.22. The number of amides is 2. The number of piperidine rings is 1. The number of carbonyl (C=O) groups is 2. The Morgan fingerprint density at radius 2 is 1.85 bits per heavy atom. The summed E-state index contributed by atoms with van der Waals surface area (Å²) in [5.74, 6) is 0.201. The van der Waals surface area contributed by atoms with Gasteiger partial charge in [-0.1, -0.05) is 0 Å². The van der Waals surface area contributed by atoms with Crippen molar-refractivity contribution in [2.75, 3.05) is 25.0 Å². The molecule has 108 valence electrons. The molecule has 1 fully saturated rings. The minimum Gasteiger partial charge on any atom is -0.396 e. The van der Waals surface area contributed by atoms with E-state index in [1.165, 1.54) is 6.92 Å². The molecular formula is C15H20N2O3. The lowest BCUT2D eigenvalue weighted by molar-refractivity contribution is -0.114. The normalized spacial score (nSPS) is 16.0. The molecule has 1 aliphatic heterocycles. The van der Waals surface area contributed by atoms with E-state index in [1.54, 1.807) is 24.3 Å². The van der Waals surface area contributed by atoms with Crippen LogP contribution in [0.25, 0.3) is 0 Å². The highest BCUT2D eigenvalue weighted by Crippen LogP contribution is 2.19. The summed E-state index contributed by atoms with van der Waals surface area (Å²) in [6, 6.07) is 6.92. The number of hydrogen-bond donors (Lipinski definition) is 2. The number of carbonyl (C=O) groups excluding carboxylic acids is 2. The number of hydrogen-bond acceptors (Lipinski definition) is 3. The summed E-state index contributed by atoms with van der Waals surface area (Å²) in [5.41, 5.74) is 1.31. The number of likely N-dealkylation sites (tertiary alicyclic amines) is 1. The van der Waals surface area contributed by atoms with Crippen LogP contribution in [0, 0.1) is 5.92 Å². The molecule has 1 aromatic rings. The lowest BCUT2D eigenvalue weighted by Crippen LogP contribution is -2.39. The lowest BCUT2D eigenvalue weighted by atomic mass is 9.97. The predicted molar refractivity (Wildman–Crippen MR) is 76.5 cm³/mol. The fourth-order valence-electron chi connectivity index (χ4n) is 2.40. The van der Waals surface area contributed by atoms with Gasteiger partial charge >= 0.3 is 0 Å². The van der Waals surface area contributed by atoms with Crippen LogP contribution in [-0.2, 0) is 4.79 Å². The zero-order valence-electron chi connectivity index (χ0n) is 11.6. The fraction of sp³-hybridized carbons (Fsp3) is 0.467. The maximum absolute atomic E-state index is 12.3. The Labute approximate surface area is 118 Å². The van der Waals surface area contributed by atoms with Gasteiger partial charge < -0.3 is 15.3 Å². The van der Waals surface area contributed by atoms with E-state index >= 15 is 0 Å². The number of rotatable bonds is 3. The van der Waals surface area contributed by atoms with Crippen molar-refractivity contribution in [3.8, 4) is 0 Å². The summed E-state index contributed by atoms with van der Waals surface area (Å²) in [7, 11) is 0. The molecule has 0 aromatic heterocycles. The van der Waals surface area contributed by atoms with Crippen LogP contribution >= 0.6 is 0 Å². The molecule has 1 heterocycles. The van der Waals surface area contributed by atoms with E-state index < -0.39 is 0 Å². The number of benzene rings is 1. The number of anilines is 1. The van der Waals surface area contributed by atoms with Crippen molar-refractivity contribution >= 4 is 17.5 Å². The SMILES string of the molecule is CC(=O)Nc1ccc(C(=O)N2CCC(CO)CC2)cc1. The van der Waals surface area contributed by atoms with E-state index in [0.717, 1.165) is 12.8 Å². The fourth-order valence-corrected chi connectivity index (χ4v) is 2.40. The van der Waals surface area contributed by atoms with Crippen molar-refractivity contribution in [3.63, 3.8) is 0 Å². The van der Waals surface area contributed by atoms with Crippen LogP contribution < -0.4 is 5.32 Å². The van der Waals surface area contributed by atoms with Gasteiger partial charge in [0.2, 0.25) is 5.91 Å². The van der Waals surface area contributed by atoms with Gasteiger partial charge in [0.05, 0.1) is 0 Å². The van der Waals surface area contributed by atoms with Gasteiger partial charge in [-0.2, -0.15) is 0 Å². The van der Waals surface area contributed by atoms with Gasteiger partial charge in [0.15, 0.2) is 0 Å². The zero-order chi connectivity index (χ0) is 14.5. The van der Waals surface area contributed by atoms with Gasteiger partial charge in [0, 0.05) is 37.9 Å². The number of nitrogens with zero attached hydrogens (tertiary/aromatic N) is 1. The Morgan fingerprint density at radius 3 is 2.35 bits per heavy atom. The van der Waals surface area contributed by atoms with E-state index in [4.69, 9.17) is 5.11 Å². The van der Waals surface area contributed by atoms with Gasteiger partial charge in [-0.05, 0) is 43.0 Å². The summed E-state index contributed by atoms with van der Waals surface area (Å²) in [4.78, 5) is 25.1. The second-order valence-electron chi connectivity index (χ2n) is 5.18. The number of aliphatic hydroxyl groups excluding tert-OH is 1. The van der Waals surface area contributed by atoms with Crippen LogP contribution in [0.4, 0.5) is 5.69 Å². The largest absolute Gasteiger partial charge is 0.396 e. The van der Waals surface area contributed by atoms with Gasteiger partial charge in [0.25, 0.3) is 5.91 Å². The standard InChI is InChI=1S/C15H20N2O3/c1-11(19)16-14-4-2-13(3-5-14)15(20)17-8-6-12(10-18)7-9-17/h2-5,12,18H,6-10H2,1H3,(H,16,19). The first-order chi connectivity index (χ1) is 9.60. The Hall–Kier alpha value is -1.88. The monoisotopic (exact) mass is 276 g/mol. The van der Waals surface area contributed by atoms with E-state index in [0.29, 0.717) is 30.3 Å². The molecule has 5 heteroatoms. The molecule has 0 spiro atoms. The summed E-state index contributed by atoms with van der Waals surface area (Å²) in [6.07, 6.45) is 1.71. The molecule has 0 atom stereocenters. The van der Waals surface area contributed by atoms with E-state index in [9.17, 15) is 9.59 Å². The van der Waals surface area contributed by atoms with Gasteiger partial charge in [-0.25, -0.2) is 0 Å². The van der Waals surface area contributed by atoms with Crippen LogP contribution in [-0.4, -0.2) is 41.5 Å². The van der Waals surface area contributed by atoms with E-state index in [-0.39, 0.29) is 18.4 Å². The molecule has 0 saturated carbocycles. The topological polar surface area (TPSA) is 69.6 Å². The zero-order valence-corrected chi connectivity index (χ0v) is 11.6. The first-order valence-corrected chi connectivity index (χ1v) is 6.88. The third-order valence-electron chi connectivity index (χ3n) is 3.61. The Bertz CT molecular complexity index is 476. The molecule has 2 amide bonds. The maximum atomic E-state index is 12.3. The second-order valence-corrected chi connectivity index (χ2v) is 5.18. The highest BCUT2D eigenvalue weighted by atomic mass is 16.3. The van der Waals surface area contributed by atoms with Crippen LogP contribution in [0.2, 0.25) is 0 Å². The van der Waals surface area contributed by atoms with Crippen LogP contribution in [0.15, 0.2) is 24.3 Å². The third kappa shape index (κ3) is 3.57. The molecular weight excluding hydrogens is 256 g/mol. The minimum absolute atomic E-state index is 0.00997. The average molecular weight is 276 g/mol. The molecule has 0 unspecified atom stereocenters. The molecule has 2 rings (SSSR count). The van der Waals surface area contributed by atoms with Crippen LogP contribution in [0.5, 0.6) is 0 Å². The average Bonchev–Trinajstić information content (AvgIpc) is 2.47. The van der Waals surface area contributed by atoms with E-state index in [1.807, 2.05) is 4.90 Å². The first-order valence-electron chi connectivity index (χ1n) is 6.88.